The lowest BCUT2D eigenvalue weighted by Gasteiger charge is -2.14. The summed E-state index contributed by atoms with van der Waals surface area (Å²) >= 11 is 0. The molecule has 0 spiro atoms. The average molecular weight is 209 g/mol. The minimum atomic E-state index is 0.0417. The van der Waals surface area contributed by atoms with E-state index in [1.165, 1.54) is 0 Å². The topological polar surface area (TPSA) is 39.2 Å². The van der Waals surface area contributed by atoms with Crippen molar-refractivity contribution in [1.29, 1.82) is 0 Å². The second-order valence-electron chi connectivity index (χ2n) is 4.17. The van der Waals surface area contributed by atoms with E-state index in [2.05, 4.69) is 4.98 Å². The van der Waals surface area contributed by atoms with Crippen LogP contribution in [0.25, 0.3) is 0 Å². The first-order valence-corrected chi connectivity index (χ1v) is 4.82. The van der Waals surface area contributed by atoms with Gasteiger partial charge in [-0.2, -0.15) is 0 Å². The summed E-state index contributed by atoms with van der Waals surface area (Å²) in [6.45, 7) is 7.95. The quantitative estimate of drug-likeness (QED) is 0.667. The van der Waals surface area contributed by atoms with Crippen molar-refractivity contribution in [2.24, 2.45) is 0 Å². The van der Waals surface area contributed by atoms with Crippen LogP contribution in [-0.4, -0.2) is 24.0 Å². The van der Waals surface area contributed by atoms with Crippen molar-refractivity contribution >= 4 is 6.29 Å². The summed E-state index contributed by atoms with van der Waals surface area (Å²) in [6.07, 6.45) is 2.34. The summed E-state index contributed by atoms with van der Waals surface area (Å²) in [5.41, 5.74) is 1.60. The molecule has 0 aliphatic carbocycles. The van der Waals surface area contributed by atoms with Gasteiger partial charge in [0.25, 0.3) is 0 Å². The molecule has 1 rings (SSSR count). The van der Waals surface area contributed by atoms with Gasteiger partial charge in [0.1, 0.15) is 0 Å². The number of carbonyl (C=O) groups excluding carboxylic acids is 1. The molecule has 0 aliphatic rings. The zero-order valence-corrected chi connectivity index (χ0v) is 10.1. The molecule has 0 N–H and O–H groups in total. The highest BCUT2D eigenvalue weighted by molar-refractivity contribution is 5.73. The zero-order chi connectivity index (χ0) is 11.9. The first kappa shape index (κ1) is 13.8. The van der Waals surface area contributed by atoms with Crippen LogP contribution in [0.1, 0.15) is 36.8 Å². The van der Waals surface area contributed by atoms with Gasteiger partial charge in [-0.05, 0) is 39.8 Å². The fraction of sp³-hybridized carbons (Fsp3) is 0.500. The van der Waals surface area contributed by atoms with Crippen LogP contribution in [0.15, 0.2) is 18.3 Å². The molecule has 0 saturated carbocycles. The van der Waals surface area contributed by atoms with E-state index in [1.807, 2.05) is 33.8 Å². The molecule has 0 bridgehead atoms. The molecule has 15 heavy (non-hydrogen) atoms. The van der Waals surface area contributed by atoms with Gasteiger partial charge in [0.05, 0.1) is 5.60 Å². The number of hydrogen-bond donors (Lipinski definition) is 0. The third-order valence-electron chi connectivity index (χ3n) is 1.68. The van der Waals surface area contributed by atoms with Crippen LogP contribution in [-0.2, 0) is 4.74 Å². The molecule has 0 aliphatic heterocycles. The van der Waals surface area contributed by atoms with E-state index in [4.69, 9.17) is 4.74 Å². The Hall–Kier alpha value is -1.22. The summed E-state index contributed by atoms with van der Waals surface area (Å²) < 4.78 is 4.94. The van der Waals surface area contributed by atoms with Crippen molar-refractivity contribution < 1.29 is 9.53 Å². The second kappa shape index (κ2) is 6.30. The van der Waals surface area contributed by atoms with Gasteiger partial charge in [-0.1, -0.05) is 0 Å². The Labute approximate surface area is 91.5 Å². The lowest BCUT2D eigenvalue weighted by Crippen LogP contribution is -2.15. The molecular formula is C12H19NO2. The molecule has 1 heterocycles. The third kappa shape index (κ3) is 7.82. The Bertz CT molecular complexity index is 285. The van der Waals surface area contributed by atoms with Crippen molar-refractivity contribution in [3.63, 3.8) is 0 Å². The van der Waals surface area contributed by atoms with Gasteiger partial charge in [0.15, 0.2) is 6.29 Å². The average Bonchev–Trinajstić information content (AvgIpc) is 2.19. The third-order valence-corrected chi connectivity index (χ3v) is 1.68. The molecule has 1 aromatic rings. The maximum Gasteiger partial charge on any atom is 0.151 e. The standard InChI is InChI=1S/C7H7NO.C5H12O/c1-6-2-3-7(5-9)4-8-6;1-5(2,3)6-4/h2-5H,1H3;1-4H3. The van der Waals surface area contributed by atoms with E-state index in [0.29, 0.717) is 5.56 Å². The number of aldehydes is 1. The van der Waals surface area contributed by atoms with Crippen LogP contribution in [0.5, 0.6) is 0 Å². The SMILES string of the molecule is COC(C)(C)C.Cc1ccc(C=O)cn1. The van der Waals surface area contributed by atoms with E-state index < -0.39 is 0 Å². The van der Waals surface area contributed by atoms with Crippen molar-refractivity contribution in [3.8, 4) is 0 Å². The Kier molecular flexibility index (Phi) is 5.79. The molecule has 0 unspecified atom stereocenters. The van der Waals surface area contributed by atoms with Gasteiger partial charge in [0.2, 0.25) is 0 Å². The molecule has 0 atom stereocenters. The second-order valence-corrected chi connectivity index (χ2v) is 4.17. The molecule has 3 heteroatoms. The normalized spacial score (nSPS) is 10.2. The van der Waals surface area contributed by atoms with Crippen molar-refractivity contribution in [2.45, 2.75) is 33.3 Å². The zero-order valence-electron chi connectivity index (χ0n) is 10.1. The summed E-state index contributed by atoms with van der Waals surface area (Å²) in [5, 5.41) is 0. The van der Waals surface area contributed by atoms with E-state index in [9.17, 15) is 4.79 Å². The molecule has 0 saturated heterocycles. The van der Waals surface area contributed by atoms with E-state index in [-0.39, 0.29) is 5.60 Å². The van der Waals surface area contributed by atoms with Crippen LogP contribution in [0.3, 0.4) is 0 Å². The number of aromatic nitrogens is 1. The van der Waals surface area contributed by atoms with E-state index >= 15 is 0 Å². The number of ether oxygens (including phenoxy) is 1. The lowest BCUT2D eigenvalue weighted by molar-refractivity contribution is 0.0397. The van der Waals surface area contributed by atoms with Crippen molar-refractivity contribution in [2.75, 3.05) is 7.11 Å². The van der Waals surface area contributed by atoms with Gasteiger partial charge >= 0.3 is 0 Å². The molecule has 84 valence electrons. The van der Waals surface area contributed by atoms with Gasteiger partial charge in [0, 0.05) is 24.6 Å². The van der Waals surface area contributed by atoms with Gasteiger partial charge in [-0.3, -0.25) is 9.78 Å². The highest BCUT2D eigenvalue weighted by atomic mass is 16.5. The fourth-order valence-corrected chi connectivity index (χ4v) is 0.549. The van der Waals surface area contributed by atoms with Gasteiger partial charge in [-0.25, -0.2) is 0 Å². The minimum absolute atomic E-state index is 0.0417. The monoisotopic (exact) mass is 209 g/mol. The highest BCUT2D eigenvalue weighted by Crippen LogP contribution is 2.02. The summed E-state index contributed by atoms with van der Waals surface area (Å²) in [7, 11) is 1.71. The smallest absolute Gasteiger partial charge is 0.151 e. The highest BCUT2D eigenvalue weighted by Gasteiger charge is 2.03. The summed E-state index contributed by atoms with van der Waals surface area (Å²) in [5.74, 6) is 0. The van der Waals surface area contributed by atoms with Gasteiger partial charge in [-0.15, -0.1) is 0 Å². The fourth-order valence-electron chi connectivity index (χ4n) is 0.549. The van der Waals surface area contributed by atoms with Crippen LogP contribution >= 0.6 is 0 Å². The number of methoxy groups -OCH3 is 1. The molecule has 1 aromatic heterocycles. The number of carbonyl (C=O) groups is 1. The Morgan fingerprint density at radius 3 is 2.13 bits per heavy atom. The number of pyridine rings is 1. The maximum atomic E-state index is 10.1. The van der Waals surface area contributed by atoms with E-state index in [0.717, 1.165) is 12.0 Å². The number of nitrogens with zero attached hydrogens (tertiary/aromatic N) is 1. The largest absolute Gasteiger partial charge is 0.379 e. The molecule has 0 aromatic carbocycles. The number of hydrogen-bond acceptors (Lipinski definition) is 3. The summed E-state index contributed by atoms with van der Waals surface area (Å²) in [6, 6.07) is 3.55. The van der Waals surface area contributed by atoms with Crippen LogP contribution in [0, 0.1) is 6.92 Å². The lowest BCUT2D eigenvalue weighted by atomic mass is 10.2. The maximum absolute atomic E-state index is 10.1. The number of aryl methyl sites for hydroxylation is 1. The summed E-state index contributed by atoms with van der Waals surface area (Å²) in [4.78, 5) is 14.0. The predicted octanol–water partition coefficient (Wildman–Crippen LogP) is 2.63. The Morgan fingerprint density at radius 1 is 1.33 bits per heavy atom. The van der Waals surface area contributed by atoms with Crippen LogP contribution in [0.2, 0.25) is 0 Å². The Morgan fingerprint density at radius 2 is 1.87 bits per heavy atom. The minimum Gasteiger partial charge on any atom is -0.379 e. The van der Waals surface area contributed by atoms with Crippen molar-refractivity contribution in [1.82, 2.24) is 4.98 Å². The number of rotatable bonds is 1. The van der Waals surface area contributed by atoms with Crippen LogP contribution < -0.4 is 0 Å². The molecule has 0 radical (unpaired) electrons. The molecule has 3 nitrogen and oxygen atoms in total. The Balaban J connectivity index is 0.000000288. The first-order valence-electron chi connectivity index (χ1n) is 4.82. The predicted molar refractivity (Wildman–Crippen MR) is 61.1 cm³/mol. The molecule has 0 amide bonds. The first-order chi connectivity index (χ1) is 6.89. The van der Waals surface area contributed by atoms with E-state index in [1.54, 1.807) is 19.4 Å². The van der Waals surface area contributed by atoms with Crippen molar-refractivity contribution in [3.05, 3.63) is 29.6 Å². The molecule has 0 fully saturated rings. The molecular weight excluding hydrogens is 190 g/mol. The van der Waals surface area contributed by atoms with Crippen LogP contribution in [0.4, 0.5) is 0 Å². The van der Waals surface area contributed by atoms with Gasteiger partial charge < -0.3 is 4.74 Å².